The van der Waals surface area contributed by atoms with Crippen LogP contribution in [0.2, 0.25) is 4.34 Å². The van der Waals surface area contributed by atoms with Gasteiger partial charge in [0.15, 0.2) is 11.0 Å². The van der Waals surface area contributed by atoms with Crippen molar-refractivity contribution in [1.29, 1.82) is 0 Å². The molecular weight excluding hydrogens is 326 g/mol. The van der Waals surface area contributed by atoms with Gasteiger partial charge in [0.2, 0.25) is 0 Å². The molecule has 0 saturated carbocycles. The molecular formula is C13H12ClN5S2. The van der Waals surface area contributed by atoms with E-state index in [0.717, 1.165) is 22.2 Å². The van der Waals surface area contributed by atoms with E-state index in [2.05, 4.69) is 38.8 Å². The highest BCUT2D eigenvalue weighted by Crippen LogP contribution is 2.28. The Morgan fingerprint density at radius 2 is 2.05 bits per heavy atom. The Morgan fingerprint density at radius 3 is 2.76 bits per heavy atom. The summed E-state index contributed by atoms with van der Waals surface area (Å²) in [5, 5.41) is 13.4. The lowest BCUT2D eigenvalue weighted by Gasteiger charge is -2.05. The Bertz CT molecular complexity index is 768. The molecule has 5 nitrogen and oxygen atoms in total. The van der Waals surface area contributed by atoms with E-state index in [1.807, 2.05) is 23.7 Å². The van der Waals surface area contributed by atoms with Crippen LogP contribution in [0.1, 0.15) is 11.3 Å². The highest BCUT2D eigenvalue weighted by Gasteiger charge is 2.14. The summed E-state index contributed by atoms with van der Waals surface area (Å²) in [4.78, 5) is 0. The zero-order valence-electron chi connectivity index (χ0n) is 11.4. The smallest absolute Gasteiger partial charge is 0.191 e. The third-order valence-corrected chi connectivity index (χ3v) is 5.08. The zero-order valence-corrected chi connectivity index (χ0v) is 13.8. The van der Waals surface area contributed by atoms with Crippen LogP contribution in [-0.4, -0.2) is 24.4 Å². The maximum atomic E-state index is 6.01. The second-order valence-electron chi connectivity index (χ2n) is 4.46. The standard InChI is InChI=1S/C13H12ClN5S2/c1-8-5-3-4-6-9(8)12-16-17-13(19(12)2)20-7-10-11(14)21-18-15-10/h3-6H,7H2,1-2H3. The maximum Gasteiger partial charge on any atom is 0.191 e. The van der Waals surface area contributed by atoms with Crippen molar-refractivity contribution in [3.05, 3.63) is 39.9 Å². The fourth-order valence-electron chi connectivity index (χ4n) is 1.91. The predicted octanol–water partition coefficient (Wildman–Crippen LogP) is 3.59. The molecule has 3 aromatic rings. The van der Waals surface area contributed by atoms with Crippen LogP contribution >= 0.6 is 34.9 Å². The third kappa shape index (κ3) is 2.95. The number of halogens is 1. The Kier molecular flexibility index (Phi) is 4.23. The predicted molar refractivity (Wildman–Crippen MR) is 85.7 cm³/mol. The molecule has 0 bridgehead atoms. The normalized spacial score (nSPS) is 11.0. The van der Waals surface area contributed by atoms with Gasteiger partial charge in [0.05, 0.1) is 0 Å². The second-order valence-corrected chi connectivity index (χ2v) is 6.76. The topological polar surface area (TPSA) is 56.5 Å². The average Bonchev–Trinajstić information content (AvgIpc) is 3.04. The van der Waals surface area contributed by atoms with E-state index in [1.165, 1.54) is 17.1 Å². The van der Waals surface area contributed by atoms with Gasteiger partial charge in [0.1, 0.15) is 10.0 Å². The van der Waals surface area contributed by atoms with E-state index in [4.69, 9.17) is 11.6 Å². The molecule has 0 fully saturated rings. The minimum atomic E-state index is 0.629. The number of hydrogen-bond donors (Lipinski definition) is 0. The summed E-state index contributed by atoms with van der Waals surface area (Å²) in [6.45, 7) is 2.07. The van der Waals surface area contributed by atoms with Crippen molar-refractivity contribution < 1.29 is 0 Å². The number of aromatic nitrogens is 5. The number of aryl methyl sites for hydroxylation is 1. The van der Waals surface area contributed by atoms with Gasteiger partial charge in [-0.2, -0.15) is 0 Å². The van der Waals surface area contributed by atoms with Gasteiger partial charge in [-0.05, 0) is 12.5 Å². The highest BCUT2D eigenvalue weighted by molar-refractivity contribution is 7.98. The van der Waals surface area contributed by atoms with Gasteiger partial charge in [-0.15, -0.1) is 15.3 Å². The van der Waals surface area contributed by atoms with Crippen LogP contribution in [-0.2, 0) is 12.8 Å². The molecule has 0 unspecified atom stereocenters. The molecule has 0 atom stereocenters. The first-order valence-electron chi connectivity index (χ1n) is 6.21. The fraction of sp³-hybridized carbons (Fsp3) is 0.231. The minimum Gasteiger partial charge on any atom is -0.305 e. The molecule has 0 aliphatic carbocycles. The summed E-state index contributed by atoms with van der Waals surface area (Å²) in [7, 11) is 1.96. The number of rotatable bonds is 4. The van der Waals surface area contributed by atoms with Crippen molar-refractivity contribution in [2.24, 2.45) is 7.05 Å². The zero-order chi connectivity index (χ0) is 14.8. The van der Waals surface area contributed by atoms with Crippen LogP contribution in [0.25, 0.3) is 11.4 Å². The molecule has 3 rings (SSSR count). The average molecular weight is 338 g/mol. The first kappa shape index (κ1) is 14.5. The molecule has 0 amide bonds. The lowest BCUT2D eigenvalue weighted by molar-refractivity contribution is 0.793. The summed E-state index contributed by atoms with van der Waals surface area (Å²) in [6.07, 6.45) is 0. The molecule has 0 N–H and O–H groups in total. The van der Waals surface area contributed by atoms with Gasteiger partial charge in [-0.25, -0.2) is 0 Å². The van der Waals surface area contributed by atoms with E-state index in [9.17, 15) is 0 Å². The molecule has 21 heavy (non-hydrogen) atoms. The highest BCUT2D eigenvalue weighted by atomic mass is 35.5. The van der Waals surface area contributed by atoms with Crippen molar-refractivity contribution in [3.63, 3.8) is 0 Å². The summed E-state index contributed by atoms with van der Waals surface area (Å²) >= 11 is 8.75. The summed E-state index contributed by atoms with van der Waals surface area (Å²) in [5.74, 6) is 1.49. The first-order valence-corrected chi connectivity index (χ1v) is 8.35. The fourth-order valence-corrected chi connectivity index (χ4v) is 3.56. The number of benzene rings is 1. The van der Waals surface area contributed by atoms with Crippen LogP contribution in [0.3, 0.4) is 0 Å². The van der Waals surface area contributed by atoms with Crippen molar-refractivity contribution in [3.8, 4) is 11.4 Å². The molecule has 0 radical (unpaired) electrons. The molecule has 0 aliphatic heterocycles. The largest absolute Gasteiger partial charge is 0.305 e. The van der Waals surface area contributed by atoms with Crippen LogP contribution in [0.15, 0.2) is 29.4 Å². The van der Waals surface area contributed by atoms with E-state index >= 15 is 0 Å². The summed E-state index contributed by atoms with van der Waals surface area (Å²) < 4.78 is 6.44. The Balaban J connectivity index is 1.83. The lowest BCUT2D eigenvalue weighted by atomic mass is 10.1. The van der Waals surface area contributed by atoms with Crippen molar-refractivity contribution >= 4 is 34.9 Å². The van der Waals surface area contributed by atoms with Crippen LogP contribution in [0, 0.1) is 6.92 Å². The van der Waals surface area contributed by atoms with Crippen LogP contribution < -0.4 is 0 Å². The van der Waals surface area contributed by atoms with E-state index in [0.29, 0.717) is 10.1 Å². The van der Waals surface area contributed by atoms with E-state index < -0.39 is 0 Å². The van der Waals surface area contributed by atoms with Gasteiger partial charge in [-0.3, -0.25) is 0 Å². The molecule has 2 aromatic heterocycles. The molecule has 2 heterocycles. The quantitative estimate of drug-likeness (QED) is 0.681. The first-order chi connectivity index (χ1) is 10.2. The number of nitrogens with zero attached hydrogens (tertiary/aromatic N) is 5. The Hall–Kier alpha value is -1.44. The lowest BCUT2D eigenvalue weighted by Crippen LogP contribution is -1.96. The van der Waals surface area contributed by atoms with Crippen LogP contribution in [0.4, 0.5) is 0 Å². The SMILES string of the molecule is Cc1ccccc1-c1nnc(SCc2nnsc2Cl)n1C. The van der Waals surface area contributed by atoms with Gasteiger partial charge in [0, 0.05) is 29.9 Å². The van der Waals surface area contributed by atoms with Crippen LogP contribution in [0.5, 0.6) is 0 Å². The van der Waals surface area contributed by atoms with Crippen molar-refractivity contribution in [1.82, 2.24) is 24.4 Å². The second kappa shape index (κ2) is 6.13. The van der Waals surface area contributed by atoms with E-state index in [1.54, 1.807) is 11.8 Å². The summed E-state index contributed by atoms with van der Waals surface area (Å²) in [6, 6.07) is 8.14. The van der Waals surface area contributed by atoms with Gasteiger partial charge in [0.25, 0.3) is 0 Å². The number of hydrogen-bond acceptors (Lipinski definition) is 6. The Labute approximate surface area is 135 Å². The minimum absolute atomic E-state index is 0.629. The van der Waals surface area contributed by atoms with Crippen molar-refractivity contribution in [2.45, 2.75) is 17.8 Å². The summed E-state index contributed by atoms with van der Waals surface area (Å²) in [5.41, 5.74) is 3.05. The van der Waals surface area contributed by atoms with E-state index in [-0.39, 0.29) is 0 Å². The number of thioether (sulfide) groups is 1. The molecule has 108 valence electrons. The monoisotopic (exact) mass is 337 g/mol. The Morgan fingerprint density at radius 1 is 1.24 bits per heavy atom. The van der Waals surface area contributed by atoms with Gasteiger partial charge in [-0.1, -0.05) is 52.1 Å². The molecule has 0 saturated heterocycles. The van der Waals surface area contributed by atoms with Gasteiger partial charge < -0.3 is 4.57 Å². The molecule has 1 aromatic carbocycles. The molecule has 0 spiro atoms. The van der Waals surface area contributed by atoms with Crippen molar-refractivity contribution in [2.75, 3.05) is 0 Å². The maximum absolute atomic E-state index is 6.01. The van der Waals surface area contributed by atoms with Gasteiger partial charge >= 0.3 is 0 Å². The molecule has 0 aliphatic rings. The molecule has 8 heteroatoms. The third-order valence-electron chi connectivity index (χ3n) is 3.07.